The smallest absolute Gasteiger partial charge is 0.300 e. The number of carbonyl (C=O) groups is 2. The van der Waals surface area contributed by atoms with Gasteiger partial charge in [-0.1, -0.05) is 72.3 Å². The van der Waals surface area contributed by atoms with Crippen molar-refractivity contribution in [3.63, 3.8) is 0 Å². The monoisotopic (exact) mass is 509 g/mol. The first kappa shape index (κ1) is 24.3. The maximum atomic E-state index is 13.3. The number of hydrogen-bond donors (Lipinski definition) is 1. The van der Waals surface area contributed by atoms with Gasteiger partial charge in [0.2, 0.25) is 0 Å². The van der Waals surface area contributed by atoms with Crippen molar-refractivity contribution in [2.45, 2.75) is 19.6 Å². The Labute approximate surface area is 220 Å². The van der Waals surface area contributed by atoms with E-state index in [0.29, 0.717) is 34.2 Å². The Morgan fingerprint density at radius 3 is 2.19 bits per heavy atom. The number of ketones is 1. The van der Waals surface area contributed by atoms with Gasteiger partial charge in [0.05, 0.1) is 11.6 Å². The van der Waals surface area contributed by atoms with Gasteiger partial charge in [0.25, 0.3) is 11.7 Å². The quantitative estimate of drug-likeness (QED) is 0.175. The fraction of sp³-hybridized carbons (Fsp3) is 0.0968. The normalized spacial score (nSPS) is 16.7. The van der Waals surface area contributed by atoms with E-state index in [4.69, 9.17) is 16.3 Å². The molecular formula is C31H24ClNO4. The van der Waals surface area contributed by atoms with E-state index in [0.717, 1.165) is 11.1 Å². The van der Waals surface area contributed by atoms with Gasteiger partial charge in [-0.15, -0.1) is 0 Å². The second-order valence-corrected chi connectivity index (χ2v) is 9.25. The van der Waals surface area contributed by atoms with E-state index in [-0.39, 0.29) is 11.3 Å². The summed E-state index contributed by atoms with van der Waals surface area (Å²) in [5, 5.41) is 11.9. The number of halogens is 1. The number of Topliss-reactive ketones (excluding diaryl/α,β-unsaturated/α-hetero) is 1. The molecule has 6 heteroatoms. The summed E-state index contributed by atoms with van der Waals surface area (Å²) in [6, 6.07) is 30.1. The number of carbonyl (C=O) groups excluding carboxylic acids is 2. The number of amides is 1. The van der Waals surface area contributed by atoms with Crippen LogP contribution in [0.25, 0.3) is 5.76 Å². The number of anilines is 1. The molecular weight excluding hydrogens is 486 g/mol. The van der Waals surface area contributed by atoms with Crippen LogP contribution in [-0.2, 0) is 16.2 Å². The Kier molecular flexibility index (Phi) is 6.80. The average molecular weight is 510 g/mol. The highest BCUT2D eigenvalue weighted by Gasteiger charge is 2.46. The summed E-state index contributed by atoms with van der Waals surface area (Å²) in [4.78, 5) is 28.0. The van der Waals surface area contributed by atoms with Gasteiger partial charge in [-0.25, -0.2) is 0 Å². The topological polar surface area (TPSA) is 66.8 Å². The predicted octanol–water partition coefficient (Wildman–Crippen LogP) is 6.85. The molecule has 5 nitrogen and oxygen atoms in total. The molecule has 0 spiro atoms. The Balaban J connectivity index is 1.54. The third kappa shape index (κ3) is 4.86. The molecule has 0 aromatic heterocycles. The molecule has 1 aliphatic heterocycles. The summed E-state index contributed by atoms with van der Waals surface area (Å²) >= 11 is 6.05. The molecule has 0 aliphatic carbocycles. The number of benzene rings is 4. The Bertz CT molecular complexity index is 1480. The molecule has 1 fully saturated rings. The molecule has 184 valence electrons. The van der Waals surface area contributed by atoms with E-state index in [1.165, 1.54) is 4.90 Å². The van der Waals surface area contributed by atoms with Crippen LogP contribution in [0.2, 0.25) is 5.02 Å². The third-order valence-electron chi connectivity index (χ3n) is 6.35. The Morgan fingerprint density at radius 2 is 1.54 bits per heavy atom. The molecule has 37 heavy (non-hydrogen) atoms. The lowest BCUT2D eigenvalue weighted by Crippen LogP contribution is -2.29. The van der Waals surface area contributed by atoms with E-state index in [1.54, 1.807) is 42.5 Å². The van der Waals surface area contributed by atoms with E-state index < -0.39 is 17.7 Å². The number of aliphatic hydroxyl groups excluding tert-OH is 1. The van der Waals surface area contributed by atoms with Crippen molar-refractivity contribution >= 4 is 34.7 Å². The maximum absolute atomic E-state index is 13.3. The van der Waals surface area contributed by atoms with Crippen LogP contribution in [0.5, 0.6) is 5.75 Å². The van der Waals surface area contributed by atoms with Crippen LogP contribution in [0, 0.1) is 6.92 Å². The minimum Gasteiger partial charge on any atom is -0.507 e. The van der Waals surface area contributed by atoms with Gasteiger partial charge < -0.3 is 9.84 Å². The second kappa shape index (κ2) is 10.3. The molecule has 4 aromatic rings. The number of hydrogen-bond acceptors (Lipinski definition) is 4. The summed E-state index contributed by atoms with van der Waals surface area (Å²) in [6.45, 7) is 2.28. The number of aliphatic hydroxyl groups is 1. The molecule has 0 saturated carbocycles. The average Bonchev–Trinajstić information content (AvgIpc) is 3.19. The molecule has 1 heterocycles. The summed E-state index contributed by atoms with van der Waals surface area (Å²) in [7, 11) is 0. The predicted molar refractivity (Wildman–Crippen MR) is 145 cm³/mol. The lowest BCUT2D eigenvalue weighted by Gasteiger charge is -2.25. The van der Waals surface area contributed by atoms with Crippen molar-refractivity contribution in [3.05, 3.63) is 136 Å². The zero-order valence-electron chi connectivity index (χ0n) is 20.1. The molecule has 1 unspecified atom stereocenters. The first-order chi connectivity index (χ1) is 17.9. The van der Waals surface area contributed by atoms with Crippen LogP contribution in [-0.4, -0.2) is 16.8 Å². The van der Waals surface area contributed by atoms with Crippen molar-refractivity contribution in [1.29, 1.82) is 0 Å². The van der Waals surface area contributed by atoms with Crippen molar-refractivity contribution in [2.75, 3.05) is 4.90 Å². The van der Waals surface area contributed by atoms with Gasteiger partial charge in [0, 0.05) is 16.3 Å². The van der Waals surface area contributed by atoms with Gasteiger partial charge in [-0.2, -0.15) is 0 Å². The number of aryl methyl sites for hydroxylation is 1. The van der Waals surface area contributed by atoms with Crippen LogP contribution >= 0.6 is 11.6 Å². The summed E-state index contributed by atoms with van der Waals surface area (Å²) in [5.41, 5.74) is 3.52. The van der Waals surface area contributed by atoms with Crippen LogP contribution in [0.3, 0.4) is 0 Å². The van der Waals surface area contributed by atoms with Gasteiger partial charge in [0.1, 0.15) is 18.1 Å². The largest absolute Gasteiger partial charge is 0.507 e. The van der Waals surface area contributed by atoms with Gasteiger partial charge in [0.15, 0.2) is 0 Å². The van der Waals surface area contributed by atoms with Crippen LogP contribution < -0.4 is 9.64 Å². The molecule has 5 rings (SSSR count). The number of nitrogens with zero attached hydrogens (tertiary/aromatic N) is 1. The lowest BCUT2D eigenvalue weighted by atomic mass is 9.94. The van der Waals surface area contributed by atoms with E-state index >= 15 is 0 Å². The highest BCUT2D eigenvalue weighted by molar-refractivity contribution is 6.51. The van der Waals surface area contributed by atoms with E-state index in [2.05, 4.69) is 0 Å². The molecule has 1 atom stereocenters. The highest BCUT2D eigenvalue weighted by Crippen LogP contribution is 2.42. The van der Waals surface area contributed by atoms with Gasteiger partial charge in [-0.05, 0) is 66.1 Å². The zero-order valence-corrected chi connectivity index (χ0v) is 20.9. The number of ether oxygens (including phenoxy) is 1. The highest BCUT2D eigenvalue weighted by atomic mass is 35.5. The summed E-state index contributed by atoms with van der Waals surface area (Å²) < 4.78 is 5.96. The number of rotatable bonds is 6. The molecule has 0 bridgehead atoms. The van der Waals surface area contributed by atoms with Crippen LogP contribution in [0.1, 0.15) is 28.3 Å². The molecule has 4 aromatic carbocycles. The first-order valence-electron chi connectivity index (χ1n) is 11.8. The van der Waals surface area contributed by atoms with Gasteiger partial charge >= 0.3 is 0 Å². The van der Waals surface area contributed by atoms with Crippen LogP contribution in [0.15, 0.2) is 109 Å². The molecule has 1 saturated heterocycles. The molecule has 1 amide bonds. The maximum Gasteiger partial charge on any atom is 0.300 e. The first-order valence-corrected chi connectivity index (χ1v) is 12.2. The molecule has 0 radical (unpaired) electrons. The fourth-order valence-corrected chi connectivity index (χ4v) is 4.63. The standard InChI is InChI=1S/C31H24ClNO4/c1-20-18-23(12-17-26(20)37-19-21-8-4-2-5-9-21)29(34)27-28(22-10-6-3-7-11-22)33(31(36)30(27)35)25-15-13-24(32)14-16-25/h2-18,28,34H,19H2,1H3/b29-27-. The third-order valence-corrected chi connectivity index (χ3v) is 6.60. The second-order valence-electron chi connectivity index (χ2n) is 8.81. The lowest BCUT2D eigenvalue weighted by molar-refractivity contribution is -0.132. The fourth-order valence-electron chi connectivity index (χ4n) is 4.50. The van der Waals surface area contributed by atoms with E-state index in [1.807, 2.05) is 67.6 Å². The van der Waals surface area contributed by atoms with Gasteiger partial charge in [-0.3, -0.25) is 14.5 Å². The van der Waals surface area contributed by atoms with Crippen molar-refractivity contribution in [1.82, 2.24) is 0 Å². The summed E-state index contributed by atoms with van der Waals surface area (Å²) in [6.07, 6.45) is 0. The zero-order chi connectivity index (χ0) is 25.9. The Hall–Kier alpha value is -4.35. The van der Waals surface area contributed by atoms with Crippen molar-refractivity contribution in [3.8, 4) is 5.75 Å². The minimum absolute atomic E-state index is 0.0310. The SMILES string of the molecule is Cc1cc(/C(O)=C2/C(=O)C(=O)N(c3ccc(Cl)cc3)C2c2ccccc2)ccc1OCc1ccccc1. The van der Waals surface area contributed by atoms with E-state index in [9.17, 15) is 14.7 Å². The van der Waals surface area contributed by atoms with Crippen LogP contribution in [0.4, 0.5) is 5.69 Å². The Morgan fingerprint density at radius 1 is 0.892 bits per heavy atom. The molecule has 1 N–H and O–H groups in total. The molecule has 1 aliphatic rings. The van der Waals surface area contributed by atoms with Crippen molar-refractivity contribution in [2.24, 2.45) is 0 Å². The minimum atomic E-state index is -0.795. The summed E-state index contributed by atoms with van der Waals surface area (Å²) in [5.74, 6) is -1.02. The van der Waals surface area contributed by atoms with Crippen molar-refractivity contribution < 1.29 is 19.4 Å².